The molecule has 0 amide bonds. The minimum Gasteiger partial charge on any atom is -0.462 e. The van der Waals surface area contributed by atoms with E-state index in [2.05, 4.69) is 0 Å². The SMILES string of the molecule is CCC/C=C(\C(=O)OCC)C(=O)c1ccccc1. The van der Waals surface area contributed by atoms with Gasteiger partial charge in [-0.15, -0.1) is 0 Å². The highest BCUT2D eigenvalue weighted by Crippen LogP contribution is 2.11. The van der Waals surface area contributed by atoms with Crippen molar-refractivity contribution in [3.63, 3.8) is 0 Å². The molecule has 0 fully saturated rings. The monoisotopic (exact) mass is 246 g/mol. The van der Waals surface area contributed by atoms with E-state index in [0.717, 1.165) is 6.42 Å². The Hall–Kier alpha value is -1.90. The lowest BCUT2D eigenvalue weighted by atomic mass is 10.0. The summed E-state index contributed by atoms with van der Waals surface area (Å²) < 4.78 is 4.92. The van der Waals surface area contributed by atoms with Crippen molar-refractivity contribution in [2.75, 3.05) is 6.61 Å². The fraction of sp³-hybridized carbons (Fsp3) is 0.333. The Bertz CT molecular complexity index is 432. The van der Waals surface area contributed by atoms with Gasteiger partial charge in [0, 0.05) is 5.56 Å². The third-order valence-electron chi connectivity index (χ3n) is 2.41. The van der Waals surface area contributed by atoms with Gasteiger partial charge in [-0.2, -0.15) is 0 Å². The number of allylic oxidation sites excluding steroid dienone is 1. The zero-order chi connectivity index (χ0) is 13.4. The van der Waals surface area contributed by atoms with Gasteiger partial charge < -0.3 is 4.74 Å². The summed E-state index contributed by atoms with van der Waals surface area (Å²) in [6, 6.07) is 8.77. The molecule has 0 bridgehead atoms. The number of rotatable bonds is 6. The molecule has 0 N–H and O–H groups in total. The number of ether oxygens (including phenoxy) is 1. The Morgan fingerprint density at radius 3 is 2.39 bits per heavy atom. The molecule has 0 aliphatic heterocycles. The minimum atomic E-state index is -0.542. The summed E-state index contributed by atoms with van der Waals surface area (Å²) in [7, 11) is 0. The van der Waals surface area contributed by atoms with Crippen molar-refractivity contribution in [2.24, 2.45) is 0 Å². The number of esters is 1. The fourth-order valence-electron chi connectivity index (χ4n) is 1.51. The summed E-state index contributed by atoms with van der Waals surface area (Å²) >= 11 is 0. The van der Waals surface area contributed by atoms with Crippen LogP contribution in [-0.2, 0) is 9.53 Å². The maximum absolute atomic E-state index is 12.2. The van der Waals surface area contributed by atoms with E-state index in [1.54, 1.807) is 37.3 Å². The Morgan fingerprint density at radius 2 is 1.83 bits per heavy atom. The molecule has 0 aromatic heterocycles. The van der Waals surface area contributed by atoms with Crippen molar-refractivity contribution in [3.8, 4) is 0 Å². The first-order valence-electron chi connectivity index (χ1n) is 6.17. The third-order valence-corrected chi connectivity index (χ3v) is 2.41. The second-order valence-electron chi connectivity index (χ2n) is 3.82. The smallest absolute Gasteiger partial charge is 0.341 e. The second kappa shape index (κ2) is 7.43. The Labute approximate surface area is 107 Å². The first-order valence-corrected chi connectivity index (χ1v) is 6.17. The summed E-state index contributed by atoms with van der Waals surface area (Å²) in [6.07, 6.45) is 3.23. The van der Waals surface area contributed by atoms with Crippen LogP contribution in [0.5, 0.6) is 0 Å². The van der Waals surface area contributed by atoms with Crippen molar-refractivity contribution in [3.05, 3.63) is 47.5 Å². The van der Waals surface area contributed by atoms with Crippen molar-refractivity contribution >= 4 is 11.8 Å². The molecule has 3 nitrogen and oxygen atoms in total. The molecule has 3 heteroatoms. The van der Waals surface area contributed by atoms with E-state index in [0.29, 0.717) is 12.0 Å². The minimum absolute atomic E-state index is 0.130. The van der Waals surface area contributed by atoms with E-state index in [9.17, 15) is 9.59 Å². The second-order valence-corrected chi connectivity index (χ2v) is 3.82. The summed E-state index contributed by atoms with van der Waals surface area (Å²) in [5.41, 5.74) is 0.637. The van der Waals surface area contributed by atoms with Gasteiger partial charge in [0.1, 0.15) is 5.57 Å². The van der Waals surface area contributed by atoms with E-state index in [-0.39, 0.29) is 18.0 Å². The highest BCUT2D eigenvalue weighted by Gasteiger charge is 2.20. The van der Waals surface area contributed by atoms with Crippen LogP contribution in [0.15, 0.2) is 42.0 Å². The van der Waals surface area contributed by atoms with Crippen molar-refractivity contribution in [2.45, 2.75) is 26.7 Å². The first-order chi connectivity index (χ1) is 8.70. The van der Waals surface area contributed by atoms with Crippen LogP contribution in [0.25, 0.3) is 0 Å². The molecule has 0 unspecified atom stereocenters. The lowest BCUT2D eigenvalue weighted by Crippen LogP contribution is -2.16. The van der Waals surface area contributed by atoms with Crippen molar-refractivity contribution < 1.29 is 14.3 Å². The molecule has 0 saturated heterocycles. The fourth-order valence-corrected chi connectivity index (χ4v) is 1.51. The average Bonchev–Trinajstić information content (AvgIpc) is 2.40. The van der Waals surface area contributed by atoms with Crippen LogP contribution >= 0.6 is 0 Å². The van der Waals surface area contributed by atoms with Crippen LogP contribution < -0.4 is 0 Å². The number of hydrogen-bond acceptors (Lipinski definition) is 3. The Kier molecular flexibility index (Phi) is 5.85. The number of carbonyl (C=O) groups is 2. The van der Waals surface area contributed by atoms with Gasteiger partial charge in [-0.3, -0.25) is 4.79 Å². The van der Waals surface area contributed by atoms with Crippen molar-refractivity contribution in [1.82, 2.24) is 0 Å². The number of carbonyl (C=O) groups excluding carboxylic acids is 2. The number of ketones is 1. The van der Waals surface area contributed by atoms with Crippen LogP contribution in [0.3, 0.4) is 0 Å². The molecule has 96 valence electrons. The molecule has 0 aliphatic rings. The Balaban J connectivity index is 2.97. The number of benzene rings is 1. The van der Waals surface area contributed by atoms with E-state index >= 15 is 0 Å². The van der Waals surface area contributed by atoms with Gasteiger partial charge in [0.25, 0.3) is 0 Å². The van der Waals surface area contributed by atoms with E-state index in [4.69, 9.17) is 4.74 Å². The average molecular weight is 246 g/mol. The molecule has 0 spiro atoms. The highest BCUT2D eigenvalue weighted by atomic mass is 16.5. The molecule has 1 aromatic carbocycles. The van der Waals surface area contributed by atoms with E-state index in [1.165, 1.54) is 0 Å². The van der Waals surface area contributed by atoms with Gasteiger partial charge in [0.15, 0.2) is 5.78 Å². The number of Topliss-reactive ketones (excluding diaryl/α,β-unsaturated/α-hetero) is 1. The Morgan fingerprint density at radius 1 is 1.17 bits per heavy atom. The zero-order valence-electron chi connectivity index (χ0n) is 10.8. The molecule has 0 saturated carbocycles. The largest absolute Gasteiger partial charge is 0.462 e. The lowest BCUT2D eigenvalue weighted by molar-refractivity contribution is -0.138. The van der Waals surface area contributed by atoms with Gasteiger partial charge in [-0.05, 0) is 13.3 Å². The normalized spacial score (nSPS) is 11.1. The molecule has 1 rings (SSSR count). The highest BCUT2D eigenvalue weighted by molar-refractivity contribution is 6.24. The number of unbranched alkanes of at least 4 members (excludes halogenated alkanes) is 1. The lowest BCUT2D eigenvalue weighted by Gasteiger charge is -2.06. The quantitative estimate of drug-likeness (QED) is 0.254. The van der Waals surface area contributed by atoms with Gasteiger partial charge >= 0.3 is 5.97 Å². The molecule has 0 aliphatic carbocycles. The standard InChI is InChI=1S/C15H18O3/c1-3-5-11-13(15(17)18-4-2)14(16)12-9-7-6-8-10-12/h6-11H,3-5H2,1-2H3/b13-11-. The molecule has 0 radical (unpaired) electrons. The predicted molar refractivity (Wildman–Crippen MR) is 70.4 cm³/mol. The molecule has 0 atom stereocenters. The van der Waals surface area contributed by atoms with Crippen molar-refractivity contribution in [1.29, 1.82) is 0 Å². The summed E-state index contributed by atoms with van der Waals surface area (Å²) in [4.78, 5) is 24.0. The molecular formula is C15H18O3. The van der Waals surface area contributed by atoms with Gasteiger partial charge in [0.2, 0.25) is 0 Å². The van der Waals surface area contributed by atoms with Gasteiger partial charge in [-0.25, -0.2) is 4.79 Å². The van der Waals surface area contributed by atoms with Crippen LogP contribution in [0, 0.1) is 0 Å². The summed E-state index contributed by atoms with van der Waals surface area (Å²) in [6.45, 7) is 3.99. The molecule has 1 aromatic rings. The third kappa shape index (κ3) is 3.84. The van der Waals surface area contributed by atoms with Crippen LogP contribution in [0.4, 0.5) is 0 Å². The van der Waals surface area contributed by atoms with Crippen LogP contribution in [0.1, 0.15) is 37.0 Å². The van der Waals surface area contributed by atoms with Crippen LogP contribution in [-0.4, -0.2) is 18.4 Å². The topological polar surface area (TPSA) is 43.4 Å². The maximum Gasteiger partial charge on any atom is 0.341 e. The van der Waals surface area contributed by atoms with E-state index < -0.39 is 5.97 Å². The first kappa shape index (κ1) is 14.2. The maximum atomic E-state index is 12.2. The number of hydrogen-bond donors (Lipinski definition) is 0. The predicted octanol–water partition coefficient (Wildman–Crippen LogP) is 3.16. The summed E-state index contributed by atoms with van der Waals surface area (Å²) in [5, 5.41) is 0. The molecular weight excluding hydrogens is 228 g/mol. The van der Waals surface area contributed by atoms with Gasteiger partial charge in [0.05, 0.1) is 6.61 Å². The summed E-state index contributed by atoms with van der Waals surface area (Å²) in [5.74, 6) is -0.817. The molecule has 18 heavy (non-hydrogen) atoms. The van der Waals surface area contributed by atoms with Gasteiger partial charge in [-0.1, -0.05) is 49.8 Å². The molecule has 0 heterocycles. The zero-order valence-corrected chi connectivity index (χ0v) is 10.8. The van der Waals surface area contributed by atoms with Crippen LogP contribution in [0.2, 0.25) is 0 Å². The van der Waals surface area contributed by atoms with E-state index in [1.807, 2.05) is 13.0 Å².